The Bertz CT molecular complexity index is 2670. The van der Waals surface area contributed by atoms with E-state index in [4.69, 9.17) is 9.72 Å². The Labute approximate surface area is 309 Å². The molecule has 0 fully saturated rings. The number of fused-ring (bicyclic) bond motifs is 5. The maximum absolute atomic E-state index is 6.66. The number of benzene rings is 5. The third kappa shape index (κ3) is 5.50. The number of hydrogen-bond donors (Lipinski definition) is 0. The summed E-state index contributed by atoms with van der Waals surface area (Å²) in [7, 11) is 2.15. The Balaban J connectivity index is 1.16. The Kier molecular flexibility index (Phi) is 7.74. The molecule has 0 bridgehead atoms. The average Bonchev–Trinajstić information content (AvgIpc) is 3.61. The Morgan fingerprint density at radius 2 is 1.53 bits per heavy atom. The summed E-state index contributed by atoms with van der Waals surface area (Å²) < 4.78 is 14.9. The third-order valence-electron chi connectivity index (χ3n) is 10.4. The van der Waals surface area contributed by atoms with Gasteiger partial charge in [0.25, 0.3) is 0 Å². The fourth-order valence-corrected chi connectivity index (χ4v) is 8.63. The molecule has 3 heterocycles. The predicted octanol–water partition coefficient (Wildman–Crippen LogP) is 10.8. The molecule has 0 radical (unpaired) electrons. The van der Waals surface area contributed by atoms with Gasteiger partial charge in [0, 0.05) is 6.20 Å². The van der Waals surface area contributed by atoms with E-state index in [-0.39, 0.29) is 11.5 Å². The van der Waals surface area contributed by atoms with Gasteiger partial charge >= 0.3 is 196 Å². The van der Waals surface area contributed by atoms with Crippen molar-refractivity contribution in [3.05, 3.63) is 148 Å². The summed E-state index contributed by atoms with van der Waals surface area (Å²) in [6.45, 7) is 6.71. The number of imidazole rings is 1. The first-order valence-corrected chi connectivity index (χ1v) is 18.8. The van der Waals surface area contributed by atoms with Crippen LogP contribution in [0.1, 0.15) is 56.3 Å². The SMILES string of the molecule is Cn1[c](=[Pt])n(C2CCCc3ccc(Oc4[c-]c5c(cc4)c4cc(-c6ccccc6)ccc4n5-c4cc(C(C)(C)C)ccn4)[c-]c32)c2ccccc21. The van der Waals surface area contributed by atoms with Crippen molar-refractivity contribution in [1.82, 2.24) is 18.7 Å². The summed E-state index contributed by atoms with van der Waals surface area (Å²) >= 11 is 2.47. The van der Waals surface area contributed by atoms with Crippen molar-refractivity contribution in [3.8, 4) is 28.4 Å². The maximum atomic E-state index is 6.66. The van der Waals surface area contributed by atoms with Gasteiger partial charge in [0.2, 0.25) is 0 Å². The van der Waals surface area contributed by atoms with Crippen LogP contribution in [-0.4, -0.2) is 18.7 Å². The predicted molar refractivity (Wildman–Crippen MR) is 202 cm³/mol. The topological polar surface area (TPSA) is 36.9 Å². The van der Waals surface area contributed by atoms with Gasteiger partial charge in [-0.15, -0.1) is 0 Å². The summed E-state index contributed by atoms with van der Waals surface area (Å²) in [6, 6.07) is 46.3. The second-order valence-corrected chi connectivity index (χ2v) is 15.6. The third-order valence-corrected chi connectivity index (χ3v) is 11.7. The van der Waals surface area contributed by atoms with E-state index < -0.39 is 0 Å². The van der Waals surface area contributed by atoms with E-state index in [0.717, 1.165) is 46.9 Å². The summed E-state index contributed by atoms with van der Waals surface area (Å²) in [4.78, 5) is 4.90. The molecule has 0 spiro atoms. The van der Waals surface area contributed by atoms with Crippen molar-refractivity contribution < 1.29 is 24.1 Å². The molecule has 9 rings (SSSR count). The van der Waals surface area contributed by atoms with E-state index >= 15 is 0 Å². The second kappa shape index (κ2) is 12.4. The van der Waals surface area contributed by atoms with E-state index in [1.54, 1.807) is 0 Å². The molecule has 0 saturated carbocycles. The van der Waals surface area contributed by atoms with Crippen LogP contribution in [0.15, 0.2) is 115 Å². The number of para-hydroxylation sites is 2. The standard InChI is InChI=1S/C45H38N4O.Pt/c1-45(2,3)33-23-24-46-44(26-33)49-40-22-18-32(30-11-6-5-7-12-30)25-38(40)36-21-20-35(28-43(36)49)50-34-19-17-31-13-10-16-39(37(31)27-34)48-29-47(4)41-14-8-9-15-42(41)48;/h5-9,11-12,14-15,17-26,39H,10,13,16H2,1-4H3;/q-2;. The number of pyridine rings is 1. The molecule has 1 unspecified atom stereocenters. The fraction of sp³-hybridized carbons (Fsp3) is 0.200. The van der Waals surface area contributed by atoms with Gasteiger partial charge < -0.3 is 0 Å². The summed E-state index contributed by atoms with van der Waals surface area (Å²) in [5, 5.41) is 2.26. The molecule has 256 valence electrons. The van der Waals surface area contributed by atoms with Crippen LogP contribution in [0, 0.1) is 15.9 Å². The van der Waals surface area contributed by atoms with E-state index in [1.165, 1.54) is 42.7 Å². The average molecular weight is 846 g/mol. The van der Waals surface area contributed by atoms with Crippen molar-refractivity contribution in [2.45, 2.75) is 51.5 Å². The fourth-order valence-electron chi connectivity index (χ4n) is 7.73. The van der Waals surface area contributed by atoms with Crippen molar-refractivity contribution >= 4 is 32.8 Å². The normalized spacial score (nSPS) is 14.7. The van der Waals surface area contributed by atoms with Crippen LogP contribution >= 0.6 is 0 Å². The summed E-state index contributed by atoms with van der Waals surface area (Å²) in [5.74, 6) is 2.22. The van der Waals surface area contributed by atoms with Gasteiger partial charge in [0.05, 0.1) is 0 Å². The van der Waals surface area contributed by atoms with Crippen molar-refractivity contribution in [2.24, 2.45) is 7.05 Å². The molecule has 6 heteroatoms. The van der Waals surface area contributed by atoms with Gasteiger partial charge in [0.1, 0.15) is 0 Å². The zero-order valence-electron chi connectivity index (χ0n) is 29.2. The van der Waals surface area contributed by atoms with E-state index in [0.29, 0.717) is 11.5 Å². The van der Waals surface area contributed by atoms with Crippen LogP contribution in [0.25, 0.3) is 49.8 Å². The van der Waals surface area contributed by atoms with Gasteiger partial charge in [-0.1, -0.05) is 63.2 Å². The van der Waals surface area contributed by atoms with Gasteiger partial charge in [-0.25, -0.2) is 4.98 Å². The van der Waals surface area contributed by atoms with Gasteiger partial charge in [-0.05, 0) is 40.3 Å². The number of aromatic nitrogens is 4. The van der Waals surface area contributed by atoms with Crippen LogP contribution in [0.2, 0.25) is 0 Å². The molecule has 3 aromatic heterocycles. The first kappa shape index (κ1) is 32.0. The second-order valence-electron chi connectivity index (χ2n) is 14.6. The van der Waals surface area contributed by atoms with Crippen LogP contribution < -0.4 is 4.74 Å². The van der Waals surface area contributed by atoms with Gasteiger partial charge in [-0.2, -0.15) is 0 Å². The summed E-state index contributed by atoms with van der Waals surface area (Å²) in [6.07, 6.45) is 5.17. The van der Waals surface area contributed by atoms with Crippen molar-refractivity contribution in [3.63, 3.8) is 0 Å². The molecule has 8 aromatic rings. The van der Waals surface area contributed by atoms with Crippen molar-refractivity contribution in [2.75, 3.05) is 0 Å². The molecule has 5 nitrogen and oxygen atoms in total. The van der Waals surface area contributed by atoms with Crippen LogP contribution in [0.4, 0.5) is 0 Å². The zero-order valence-corrected chi connectivity index (χ0v) is 31.5. The van der Waals surface area contributed by atoms with E-state index in [2.05, 4.69) is 176 Å². The Hall–Kier alpha value is -4.99. The molecule has 51 heavy (non-hydrogen) atoms. The van der Waals surface area contributed by atoms with E-state index in [9.17, 15) is 0 Å². The molecule has 0 N–H and O–H groups in total. The molecular weight excluding hydrogens is 808 g/mol. The monoisotopic (exact) mass is 845 g/mol. The minimum absolute atomic E-state index is 0.0164. The molecule has 0 amide bonds. The van der Waals surface area contributed by atoms with Crippen molar-refractivity contribution in [1.29, 1.82) is 0 Å². The van der Waals surface area contributed by atoms with Crippen LogP contribution in [-0.2, 0) is 38.2 Å². The molecule has 1 atom stereocenters. The number of rotatable bonds is 5. The number of ether oxygens (including phenoxy) is 1. The number of aryl methyl sites for hydroxylation is 2. The van der Waals surface area contributed by atoms with Crippen LogP contribution in [0.5, 0.6) is 11.5 Å². The number of nitrogens with zero attached hydrogens (tertiary/aromatic N) is 4. The summed E-state index contributed by atoms with van der Waals surface area (Å²) in [5.41, 5.74) is 10.6. The molecule has 1 aliphatic rings. The molecular formula is C45H38N4OPt-2. The molecule has 1 aliphatic carbocycles. The van der Waals surface area contributed by atoms with Gasteiger partial charge in [-0.3, -0.25) is 0 Å². The Morgan fingerprint density at radius 3 is 2.35 bits per heavy atom. The minimum atomic E-state index is -0.0164. The first-order chi connectivity index (χ1) is 24.7. The van der Waals surface area contributed by atoms with E-state index in [1.807, 2.05) is 12.3 Å². The first-order valence-electron chi connectivity index (χ1n) is 17.6. The number of hydrogen-bond acceptors (Lipinski definition) is 2. The molecule has 0 saturated heterocycles. The Morgan fingerprint density at radius 1 is 0.765 bits per heavy atom. The molecule has 5 aromatic carbocycles. The molecule has 0 aliphatic heterocycles. The van der Waals surface area contributed by atoms with Crippen LogP contribution in [0.3, 0.4) is 0 Å². The quantitative estimate of drug-likeness (QED) is 0.162. The zero-order chi connectivity index (χ0) is 34.9. The van der Waals surface area contributed by atoms with Gasteiger partial charge in [0.15, 0.2) is 0 Å².